The normalized spacial score (nSPS) is 13.1. The van der Waals surface area contributed by atoms with Gasteiger partial charge in [-0.05, 0) is 26.2 Å². The fraction of sp³-hybridized carbons (Fsp3) is 0.818. The Hall–Kier alpha value is -1.10. The third-order valence-corrected chi connectivity index (χ3v) is 2.49. The molecule has 3 N–H and O–H groups in total. The largest absolute Gasteiger partial charge is 0.355 e. The van der Waals surface area contributed by atoms with E-state index in [-0.39, 0.29) is 6.04 Å². The predicted molar refractivity (Wildman–Crippen MR) is 66.2 cm³/mol. The fourth-order valence-corrected chi connectivity index (χ4v) is 1.80. The molecule has 0 aromatic carbocycles. The Labute approximate surface area is 97.4 Å². The molecule has 92 valence electrons. The van der Waals surface area contributed by atoms with Crippen LogP contribution in [0.25, 0.3) is 0 Å². The van der Waals surface area contributed by atoms with Crippen molar-refractivity contribution in [2.45, 2.75) is 46.7 Å². The fourth-order valence-electron chi connectivity index (χ4n) is 1.80. The summed E-state index contributed by atoms with van der Waals surface area (Å²) in [6, 6.07) is -0.0279. The molecule has 0 saturated heterocycles. The molecule has 0 spiro atoms. The summed E-state index contributed by atoms with van der Waals surface area (Å²) in [6.07, 6.45) is 0.935. The summed E-state index contributed by atoms with van der Waals surface area (Å²) in [5, 5.41) is 11.5. The first kappa shape index (κ1) is 13.0. The van der Waals surface area contributed by atoms with Crippen molar-refractivity contribution < 1.29 is 0 Å². The molecule has 1 heterocycles. The molecule has 0 unspecified atom stereocenters. The summed E-state index contributed by atoms with van der Waals surface area (Å²) in [4.78, 5) is 0. The Morgan fingerprint density at radius 1 is 1.31 bits per heavy atom. The van der Waals surface area contributed by atoms with Crippen LogP contribution >= 0.6 is 0 Å². The van der Waals surface area contributed by atoms with Crippen LogP contribution in [-0.2, 0) is 6.54 Å². The van der Waals surface area contributed by atoms with E-state index in [9.17, 15) is 0 Å². The van der Waals surface area contributed by atoms with E-state index in [2.05, 4.69) is 40.9 Å². The minimum absolute atomic E-state index is 0.0279. The van der Waals surface area contributed by atoms with Crippen LogP contribution in [0.4, 0.5) is 5.95 Å². The molecule has 0 radical (unpaired) electrons. The zero-order valence-corrected chi connectivity index (χ0v) is 10.7. The second-order valence-corrected chi connectivity index (χ2v) is 4.39. The molecular formula is C11H23N5. The molecule has 0 aliphatic carbocycles. The third-order valence-electron chi connectivity index (χ3n) is 2.49. The van der Waals surface area contributed by atoms with Crippen molar-refractivity contribution in [3.05, 3.63) is 5.82 Å². The summed E-state index contributed by atoms with van der Waals surface area (Å²) in [5.74, 6) is 2.27. The second kappa shape index (κ2) is 5.84. The van der Waals surface area contributed by atoms with E-state index in [0.29, 0.717) is 5.92 Å². The number of anilines is 1. The molecule has 0 aliphatic heterocycles. The Kier molecular flexibility index (Phi) is 4.73. The Morgan fingerprint density at radius 2 is 2.00 bits per heavy atom. The van der Waals surface area contributed by atoms with Gasteiger partial charge in [-0.15, -0.1) is 10.2 Å². The van der Waals surface area contributed by atoms with Crippen LogP contribution in [0.15, 0.2) is 0 Å². The first-order chi connectivity index (χ1) is 7.60. The lowest BCUT2D eigenvalue weighted by Gasteiger charge is -2.15. The molecule has 1 aromatic heterocycles. The Bertz CT molecular complexity index is 318. The van der Waals surface area contributed by atoms with E-state index < -0.39 is 0 Å². The van der Waals surface area contributed by atoms with Crippen LogP contribution in [0.3, 0.4) is 0 Å². The molecule has 5 nitrogen and oxygen atoms in total. The summed E-state index contributed by atoms with van der Waals surface area (Å²) in [6.45, 7) is 10.1. The number of aromatic nitrogens is 3. The third kappa shape index (κ3) is 2.95. The zero-order valence-electron chi connectivity index (χ0n) is 10.7. The van der Waals surface area contributed by atoms with E-state index >= 15 is 0 Å². The highest BCUT2D eigenvalue weighted by molar-refractivity contribution is 5.26. The van der Waals surface area contributed by atoms with Gasteiger partial charge >= 0.3 is 0 Å². The van der Waals surface area contributed by atoms with Gasteiger partial charge in [0.05, 0.1) is 6.04 Å². The van der Waals surface area contributed by atoms with Crippen molar-refractivity contribution in [2.75, 3.05) is 11.9 Å². The molecule has 0 saturated carbocycles. The van der Waals surface area contributed by atoms with Crippen molar-refractivity contribution in [3.63, 3.8) is 0 Å². The first-order valence-electron chi connectivity index (χ1n) is 6.02. The van der Waals surface area contributed by atoms with Crippen molar-refractivity contribution in [1.82, 2.24) is 14.8 Å². The molecule has 1 aromatic rings. The Morgan fingerprint density at radius 3 is 2.50 bits per heavy atom. The number of hydrogen-bond donors (Lipinski definition) is 2. The van der Waals surface area contributed by atoms with Crippen LogP contribution in [0.1, 0.15) is 46.0 Å². The lowest BCUT2D eigenvalue weighted by molar-refractivity contribution is 0.477. The highest BCUT2D eigenvalue weighted by Gasteiger charge is 2.17. The van der Waals surface area contributed by atoms with Crippen LogP contribution in [0.5, 0.6) is 0 Å². The van der Waals surface area contributed by atoms with E-state index in [1.807, 2.05) is 6.92 Å². The highest BCUT2D eigenvalue weighted by Crippen LogP contribution is 2.19. The molecule has 0 amide bonds. The molecule has 0 aliphatic rings. The van der Waals surface area contributed by atoms with Gasteiger partial charge in [0.2, 0.25) is 5.95 Å². The van der Waals surface area contributed by atoms with Crippen molar-refractivity contribution >= 4 is 5.95 Å². The average molecular weight is 225 g/mol. The van der Waals surface area contributed by atoms with Crippen LogP contribution in [0, 0.1) is 5.92 Å². The topological polar surface area (TPSA) is 68.8 Å². The van der Waals surface area contributed by atoms with Crippen molar-refractivity contribution in [1.29, 1.82) is 0 Å². The number of hydrogen-bond acceptors (Lipinski definition) is 4. The molecule has 5 heteroatoms. The average Bonchev–Trinajstić information content (AvgIpc) is 2.60. The summed E-state index contributed by atoms with van der Waals surface area (Å²) in [5.41, 5.74) is 6.13. The van der Waals surface area contributed by atoms with Crippen molar-refractivity contribution in [3.8, 4) is 0 Å². The van der Waals surface area contributed by atoms with Crippen molar-refractivity contribution in [2.24, 2.45) is 11.7 Å². The maximum Gasteiger partial charge on any atom is 0.224 e. The second-order valence-electron chi connectivity index (χ2n) is 4.39. The van der Waals surface area contributed by atoms with E-state index in [1.54, 1.807) is 0 Å². The molecule has 0 bridgehead atoms. The maximum absolute atomic E-state index is 6.13. The molecule has 1 atom stereocenters. The molecule has 16 heavy (non-hydrogen) atoms. The van der Waals surface area contributed by atoms with Gasteiger partial charge in [-0.1, -0.05) is 13.8 Å². The summed E-state index contributed by atoms with van der Waals surface area (Å²) in [7, 11) is 0. The van der Waals surface area contributed by atoms with Gasteiger partial charge in [0.25, 0.3) is 0 Å². The highest BCUT2D eigenvalue weighted by atomic mass is 15.4. The van der Waals surface area contributed by atoms with Gasteiger partial charge in [-0.3, -0.25) is 4.57 Å². The SMILES string of the molecule is CCNc1nnc([C@H](N)CC(C)C)n1CC. The van der Waals surface area contributed by atoms with E-state index in [0.717, 1.165) is 31.3 Å². The van der Waals surface area contributed by atoms with Crippen LogP contribution in [0.2, 0.25) is 0 Å². The maximum atomic E-state index is 6.13. The van der Waals surface area contributed by atoms with Gasteiger partial charge in [0, 0.05) is 13.1 Å². The van der Waals surface area contributed by atoms with E-state index in [4.69, 9.17) is 5.73 Å². The van der Waals surface area contributed by atoms with Gasteiger partial charge < -0.3 is 11.1 Å². The van der Waals surface area contributed by atoms with Crippen LogP contribution in [-0.4, -0.2) is 21.3 Å². The zero-order chi connectivity index (χ0) is 12.1. The predicted octanol–water partition coefficient (Wildman–Crippen LogP) is 1.78. The lowest BCUT2D eigenvalue weighted by Crippen LogP contribution is -2.19. The molecular weight excluding hydrogens is 202 g/mol. The van der Waals surface area contributed by atoms with Crippen LogP contribution < -0.4 is 11.1 Å². The molecule has 1 rings (SSSR count). The Balaban J connectivity index is 2.86. The number of nitrogens with two attached hydrogens (primary N) is 1. The minimum atomic E-state index is -0.0279. The smallest absolute Gasteiger partial charge is 0.224 e. The van der Waals surface area contributed by atoms with Gasteiger partial charge in [0.15, 0.2) is 5.82 Å². The number of rotatable bonds is 6. The summed E-state index contributed by atoms with van der Waals surface area (Å²) >= 11 is 0. The quantitative estimate of drug-likeness (QED) is 0.774. The first-order valence-corrected chi connectivity index (χ1v) is 6.02. The minimum Gasteiger partial charge on any atom is -0.355 e. The monoisotopic (exact) mass is 225 g/mol. The van der Waals surface area contributed by atoms with Gasteiger partial charge in [-0.25, -0.2) is 0 Å². The van der Waals surface area contributed by atoms with Gasteiger partial charge in [0.1, 0.15) is 0 Å². The molecule has 0 fully saturated rings. The number of nitrogens with zero attached hydrogens (tertiary/aromatic N) is 3. The standard InChI is InChI=1S/C11H23N5/c1-5-13-11-15-14-10(16(11)6-2)9(12)7-8(3)4/h8-9H,5-7,12H2,1-4H3,(H,13,15)/t9-/m1/s1. The van der Waals surface area contributed by atoms with Gasteiger partial charge in [-0.2, -0.15) is 0 Å². The summed E-state index contributed by atoms with van der Waals surface area (Å²) < 4.78 is 2.05. The van der Waals surface area contributed by atoms with E-state index in [1.165, 1.54) is 0 Å². The number of nitrogens with one attached hydrogen (secondary N) is 1. The lowest BCUT2D eigenvalue weighted by atomic mass is 10.0.